The summed E-state index contributed by atoms with van der Waals surface area (Å²) in [6.45, 7) is 1.56. The molecule has 1 aliphatic heterocycles. The third-order valence-electron chi connectivity index (χ3n) is 2.35. The average Bonchev–Trinajstić information content (AvgIpc) is 2.39. The van der Waals surface area contributed by atoms with Crippen molar-refractivity contribution in [3.8, 4) is 5.88 Å². The Morgan fingerprint density at radius 2 is 2.50 bits per heavy atom. The Morgan fingerprint density at radius 1 is 1.67 bits per heavy atom. The summed E-state index contributed by atoms with van der Waals surface area (Å²) < 4.78 is 10.1. The molecule has 0 radical (unpaired) electrons. The minimum absolute atomic E-state index is 0.108. The van der Waals surface area contributed by atoms with Crippen LogP contribution in [0.1, 0.15) is 0 Å². The highest BCUT2D eigenvalue weighted by Crippen LogP contribution is 2.15. The number of ether oxygens (including phenoxy) is 2. The molecule has 2 rings (SSSR count). The van der Waals surface area contributed by atoms with E-state index in [0.29, 0.717) is 19.8 Å². The number of amides is 1. The smallest absolute Gasteiger partial charge is 0.246 e. The van der Waals surface area contributed by atoms with Crippen LogP contribution in [0.15, 0.2) is 6.07 Å². The lowest BCUT2D eigenvalue weighted by Gasteiger charge is -2.22. The molecule has 1 aromatic heterocycles. The maximum absolute atomic E-state index is 11.9. The van der Waals surface area contributed by atoms with Gasteiger partial charge < -0.3 is 14.8 Å². The van der Waals surface area contributed by atoms with Crippen LogP contribution < -0.4 is 15.4 Å². The normalized spacial score (nSPS) is 19.3. The van der Waals surface area contributed by atoms with Crippen LogP contribution in [0.2, 0.25) is 5.15 Å². The van der Waals surface area contributed by atoms with Gasteiger partial charge in [0, 0.05) is 12.6 Å². The lowest BCUT2D eigenvalue weighted by molar-refractivity contribution is -0.120. The van der Waals surface area contributed by atoms with Gasteiger partial charge in [0.25, 0.3) is 0 Å². The molecule has 2 N–H and O–H groups in total. The summed E-state index contributed by atoms with van der Waals surface area (Å²) in [6, 6.07) is 1.05. The summed E-state index contributed by atoms with van der Waals surface area (Å²) in [6.07, 6.45) is 0. The van der Waals surface area contributed by atoms with Crippen molar-refractivity contribution in [2.75, 3.05) is 32.2 Å². The fourth-order valence-electron chi connectivity index (χ4n) is 1.49. The van der Waals surface area contributed by atoms with E-state index in [-0.39, 0.29) is 22.9 Å². The van der Waals surface area contributed by atoms with Gasteiger partial charge in [-0.05, 0) is 0 Å². The first-order valence-electron chi connectivity index (χ1n) is 5.39. The molecule has 98 valence electrons. The van der Waals surface area contributed by atoms with Gasteiger partial charge in [-0.3, -0.25) is 10.1 Å². The Kier molecular flexibility index (Phi) is 4.29. The van der Waals surface area contributed by atoms with Gasteiger partial charge in [-0.1, -0.05) is 11.6 Å². The summed E-state index contributed by atoms with van der Waals surface area (Å²) in [5, 5.41) is 5.78. The lowest BCUT2D eigenvalue weighted by Crippen LogP contribution is -2.49. The summed E-state index contributed by atoms with van der Waals surface area (Å²) in [5.41, 5.74) is 0. The molecule has 18 heavy (non-hydrogen) atoms. The number of methoxy groups -OCH3 is 1. The van der Waals surface area contributed by atoms with Crippen LogP contribution in [0, 0.1) is 0 Å². The minimum atomic E-state index is -0.410. The molecule has 0 saturated carbocycles. The molecule has 1 aliphatic rings. The second-order valence-corrected chi connectivity index (χ2v) is 4.01. The van der Waals surface area contributed by atoms with E-state index in [4.69, 9.17) is 21.1 Å². The van der Waals surface area contributed by atoms with Gasteiger partial charge in [0.05, 0.1) is 20.3 Å². The molecule has 1 fully saturated rings. The zero-order valence-electron chi connectivity index (χ0n) is 9.77. The molecule has 0 aliphatic carbocycles. The first kappa shape index (κ1) is 13.0. The summed E-state index contributed by atoms with van der Waals surface area (Å²) >= 11 is 5.78. The number of hydrogen-bond donors (Lipinski definition) is 2. The number of anilines is 1. The molecule has 0 bridgehead atoms. The van der Waals surface area contributed by atoms with Gasteiger partial charge in [0.2, 0.25) is 17.7 Å². The van der Waals surface area contributed by atoms with Crippen LogP contribution in [-0.2, 0) is 9.53 Å². The Bertz CT molecular complexity index is 437. The summed E-state index contributed by atoms with van der Waals surface area (Å²) in [5.74, 6) is 0.133. The van der Waals surface area contributed by atoms with E-state index in [0.717, 1.165) is 0 Å². The van der Waals surface area contributed by atoms with Crippen LogP contribution in [0.3, 0.4) is 0 Å². The monoisotopic (exact) mass is 272 g/mol. The van der Waals surface area contributed by atoms with Crippen molar-refractivity contribution in [1.82, 2.24) is 15.3 Å². The van der Waals surface area contributed by atoms with Gasteiger partial charge >= 0.3 is 0 Å². The van der Waals surface area contributed by atoms with Crippen LogP contribution in [0.4, 0.5) is 5.95 Å². The number of nitrogens with one attached hydrogen (secondary N) is 2. The van der Waals surface area contributed by atoms with Gasteiger partial charge in [-0.2, -0.15) is 4.98 Å². The van der Waals surface area contributed by atoms with Crippen molar-refractivity contribution in [2.45, 2.75) is 6.04 Å². The topological polar surface area (TPSA) is 85.4 Å². The highest BCUT2D eigenvalue weighted by Gasteiger charge is 2.22. The van der Waals surface area contributed by atoms with Crippen molar-refractivity contribution < 1.29 is 14.3 Å². The number of halogens is 1. The molecular formula is C10H13ClN4O3. The lowest BCUT2D eigenvalue weighted by atomic mass is 10.2. The Morgan fingerprint density at radius 3 is 3.17 bits per heavy atom. The van der Waals surface area contributed by atoms with Crippen molar-refractivity contribution in [2.24, 2.45) is 0 Å². The zero-order valence-corrected chi connectivity index (χ0v) is 10.5. The number of aromatic nitrogens is 2. The second kappa shape index (κ2) is 5.94. The highest BCUT2D eigenvalue weighted by molar-refractivity contribution is 6.29. The average molecular weight is 273 g/mol. The molecule has 8 heteroatoms. The van der Waals surface area contributed by atoms with Crippen LogP contribution in [-0.4, -0.2) is 48.8 Å². The maximum Gasteiger partial charge on any atom is 0.246 e. The van der Waals surface area contributed by atoms with Crippen molar-refractivity contribution in [1.29, 1.82) is 0 Å². The Balaban J connectivity index is 2.03. The summed E-state index contributed by atoms with van der Waals surface area (Å²) in [4.78, 5) is 19.7. The first-order valence-corrected chi connectivity index (χ1v) is 5.77. The molecule has 0 aromatic carbocycles. The molecule has 7 nitrogen and oxygen atoms in total. The number of hydrogen-bond acceptors (Lipinski definition) is 6. The van der Waals surface area contributed by atoms with Crippen molar-refractivity contribution in [3.05, 3.63) is 11.2 Å². The van der Waals surface area contributed by atoms with Gasteiger partial charge in [0.1, 0.15) is 11.2 Å². The van der Waals surface area contributed by atoms with Gasteiger partial charge in [0.15, 0.2) is 0 Å². The molecule has 2 heterocycles. The Labute approximate surface area is 109 Å². The first-order chi connectivity index (χ1) is 8.69. The van der Waals surface area contributed by atoms with E-state index in [9.17, 15) is 4.79 Å². The van der Waals surface area contributed by atoms with E-state index < -0.39 is 6.04 Å². The minimum Gasteiger partial charge on any atom is -0.481 e. The van der Waals surface area contributed by atoms with E-state index in [1.54, 1.807) is 0 Å². The van der Waals surface area contributed by atoms with E-state index >= 15 is 0 Å². The van der Waals surface area contributed by atoms with E-state index in [2.05, 4.69) is 20.6 Å². The third-order valence-corrected chi connectivity index (χ3v) is 2.55. The third kappa shape index (κ3) is 3.28. The second-order valence-electron chi connectivity index (χ2n) is 3.63. The molecule has 1 aromatic rings. The molecule has 1 atom stereocenters. The van der Waals surface area contributed by atoms with Gasteiger partial charge in [-0.25, -0.2) is 4.98 Å². The quantitative estimate of drug-likeness (QED) is 0.757. The van der Waals surface area contributed by atoms with Gasteiger partial charge in [-0.15, -0.1) is 0 Å². The number of carbonyl (C=O) groups excluding carboxylic acids is 1. The SMILES string of the molecule is COc1cc(Cl)nc(NC(=O)C2COCCN2)n1. The van der Waals surface area contributed by atoms with Crippen LogP contribution >= 0.6 is 11.6 Å². The molecule has 1 amide bonds. The fourth-order valence-corrected chi connectivity index (χ4v) is 1.66. The van der Waals surface area contributed by atoms with Crippen molar-refractivity contribution in [3.63, 3.8) is 0 Å². The number of rotatable bonds is 3. The molecular weight excluding hydrogens is 260 g/mol. The predicted molar refractivity (Wildman–Crippen MR) is 64.8 cm³/mol. The van der Waals surface area contributed by atoms with E-state index in [1.807, 2.05) is 0 Å². The molecule has 1 saturated heterocycles. The van der Waals surface area contributed by atoms with Crippen LogP contribution in [0.5, 0.6) is 5.88 Å². The number of carbonyl (C=O) groups is 1. The standard InChI is InChI=1S/C10H13ClN4O3/c1-17-8-4-7(11)13-10(14-8)15-9(16)6-5-18-3-2-12-6/h4,6,12H,2-3,5H2,1H3,(H,13,14,15,16). The highest BCUT2D eigenvalue weighted by atomic mass is 35.5. The van der Waals surface area contributed by atoms with Crippen LogP contribution in [0.25, 0.3) is 0 Å². The van der Waals surface area contributed by atoms with E-state index in [1.165, 1.54) is 13.2 Å². The number of morpholine rings is 1. The Hall–Kier alpha value is -1.44. The zero-order chi connectivity index (χ0) is 13.0. The fraction of sp³-hybridized carbons (Fsp3) is 0.500. The predicted octanol–water partition coefficient (Wildman–Crippen LogP) is 0.0655. The largest absolute Gasteiger partial charge is 0.481 e. The molecule has 0 spiro atoms. The number of nitrogens with zero attached hydrogens (tertiary/aromatic N) is 2. The van der Waals surface area contributed by atoms with Crippen molar-refractivity contribution >= 4 is 23.5 Å². The molecule has 1 unspecified atom stereocenters. The maximum atomic E-state index is 11.9. The summed E-state index contributed by atoms with van der Waals surface area (Å²) in [7, 11) is 1.46.